The Morgan fingerprint density at radius 2 is 1.38 bits per heavy atom. The molecule has 0 saturated heterocycles. The second-order valence-electron chi connectivity index (χ2n) is 7.57. The van der Waals surface area contributed by atoms with Crippen LogP contribution in [0.5, 0.6) is 0 Å². The third-order valence-corrected chi connectivity index (χ3v) is 5.10. The Labute approximate surface area is 175 Å². The van der Waals surface area contributed by atoms with Crippen LogP contribution >= 0.6 is 0 Å². The molecule has 5 nitrogen and oxygen atoms in total. The van der Waals surface area contributed by atoms with Crippen LogP contribution in [0.1, 0.15) is 44.1 Å². The number of rotatable bonds is 16. The number of nitrogens with two attached hydrogens (primary N) is 1. The number of unbranched alkanes of at least 4 members (excludes halogenated alkanes) is 3. The highest BCUT2D eigenvalue weighted by molar-refractivity contribution is 5.90. The second kappa shape index (κ2) is 15.0. The van der Waals surface area contributed by atoms with Crippen LogP contribution in [-0.2, 0) is 11.2 Å². The molecule has 0 spiro atoms. The molecule has 0 bridgehead atoms. The zero-order valence-electron chi connectivity index (χ0n) is 17.7. The molecular weight excluding hydrogens is 360 g/mol. The Bertz CT molecular complexity index is 699. The minimum Gasteiger partial charge on any atom is -0.356 e. The van der Waals surface area contributed by atoms with Crippen LogP contribution in [0.4, 0.5) is 0 Å². The van der Waals surface area contributed by atoms with Gasteiger partial charge in [-0.05, 0) is 81.2 Å². The molecule has 0 aliphatic carbocycles. The summed E-state index contributed by atoms with van der Waals surface area (Å²) >= 11 is 0. The number of amides is 1. The summed E-state index contributed by atoms with van der Waals surface area (Å²) in [7, 11) is 0. The zero-order valence-corrected chi connectivity index (χ0v) is 17.7. The molecule has 0 saturated carbocycles. The SMILES string of the molecule is NCCCCNCCCCCNCCCNC(=O)Cc1cccc2ccccc12. The van der Waals surface area contributed by atoms with Gasteiger partial charge in [0.05, 0.1) is 6.42 Å². The molecular formula is C24H38N4O. The summed E-state index contributed by atoms with van der Waals surface area (Å²) in [6, 6.07) is 14.4. The molecule has 0 fully saturated rings. The van der Waals surface area contributed by atoms with Gasteiger partial charge in [-0.3, -0.25) is 4.79 Å². The maximum atomic E-state index is 12.2. The second-order valence-corrected chi connectivity index (χ2v) is 7.57. The van der Waals surface area contributed by atoms with Crippen molar-refractivity contribution in [2.75, 3.05) is 39.3 Å². The van der Waals surface area contributed by atoms with Crippen LogP contribution in [0.3, 0.4) is 0 Å². The van der Waals surface area contributed by atoms with E-state index in [-0.39, 0.29) is 5.91 Å². The highest BCUT2D eigenvalue weighted by Crippen LogP contribution is 2.18. The van der Waals surface area contributed by atoms with Crippen LogP contribution in [-0.4, -0.2) is 45.2 Å². The van der Waals surface area contributed by atoms with Crippen molar-refractivity contribution in [3.63, 3.8) is 0 Å². The lowest BCUT2D eigenvalue weighted by atomic mass is 10.0. The van der Waals surface area contributed by atoms with E-state index in [0.717, 1.165) is 63.1 Å². The first kappa shape index (κ1) is 23.3. The molecule has 1 amide bonds. The molecule has 2 aromatic rings. The van der Waals surface area contributed by atoms with Crippen LogP contribution in [0.2, 0.25) is 0 Å². The van der Waals surface area contributed by atoms with Crippen molar-refractivity contribution in [2.45, 2.75) is 44.9 Å². The summed E-state index contributed by atoms with van der Waals surface area (Å²) in [6.45, 7) is 5.71. The van der Waals surface area contributed by atoms with Gasteiger partial charge >= 0.3 is 0 Å². The molecule has 0 aromatic heterocycles. The van der Waals surface area contributed by atoms with Crippen LogP contribution in [0, 0.1) is 0 Å². The number of carbonyl (C=O) groups is 1. The van der Waals surface area contributed by atoms with E-state index in [2.05, 4.69) is 34.1 Å². The molecule has 2 rings (SSSR count). The van der Waals surface area contributed by atoms with Crippen molar-refractivity contribution in [1.82, 2.24) is 16.0 Å². The van der Waals surface area contributed by atoms with Crippen molar-refractivity contribution in [3.8, 4) is 0 Å². The largest absolute Gasteiger partial charge is 0.356 e. The maximum absolute atomic E-state index is 12.2. The lowest BCUT2D eigenvalue weighted by Gasteiger charge is -2.09. The van der Waals surface area contributed by atoms with Gasteiger partial charge in [0.15, 0.2) is 0 Å². The molecule has 0 heterocycles. The van der Waals surface area contributed by atoms with E-state index in [9.17, 15) is 4.79 Å². The summed E-state index contributed by atoms with van der Waals surface area (Å²) in [6.07, 6.45) is 7.38. The average molecular weight is 399 g/mol. The van der Waals surface area contributed by atoms with E-state index in [0.29, 0.717) is 6.42 Å². The van der Waals surface area contributed by atoms with Crippen molar-refractivity contribution >= 4 is 16.7 Å². The number of benzene rings is 2. The van der Waals surface area contributed by atoms with Gasteiger partial charge < -0.3 is 21.7 Å². The van der Waals surface area contributed by atoms with Crippen LogP contribution < -0.4 is 21.7 Å². The fraction of sp³-hybridized carbons (Fsp3) is 0.542. The van der Waals surface area contributed by atoms with Gasteiger partial charge in [-0.1, -0.05) is 48.9 Å². The van der Waals surface area contributed by atoms with Gasteiger partial charge in [-0.25, -0.2) is 0 Å². The highest BCUT2D eigenvalue weighted by atomic mass is 16.1. The number of fused-ring (bicyclic) bond motifs is 1. The van der Waals surface area contributed by atoms with E-state index in [4.69, 9.17) is 5.73 Å². The van der Waals surface area contributed by atoms with Gasteiger partial charge in [0, 0.05) is 6.54 Å². The van der Waals surface area contributed by atoms with Crippen molar-refractivity contribution in [2.24, 2.45) is 5.73 Å². The Morgan fingerprint density at radius 1 is 0.724 bits per heavy atom. The Kier molecular flexibility index (Phi) is 12.0. The van der Waals surface area contributed by atoms with E-state index in [1.165, 1.54) is 31.1 Å². The smallest absolute Gasteiger partial charge is 0.224 e. The van der Waals surface area contributed by atoms with Crippen LogP contribution in [0.25, 0.3) is 10.8 Å². The third-order valence-electron chi connectivity index (χ3n) is 5.10. The normalized spacial score (nSPS) is 11.1. The fourth-order valence-electron chi connectivity index (χ4n) is 3.44. The van der Waals surface area contributed by atoms with Gasteiger partial charge in [-0.15, -0.1) is 0 Å². The topological polar surface area (TPSA) is 79.2 Å². The summed E-state index contributed by atoms with van der Waals surface area (Å²) < 4.78 is 0. The van der Waals surface area contributed by atoms with Gasteiger partial charge in [0.25, 0.3) is 0 Å². The zero-order chi connectivity index (χ0) is 20.6. The molecule has 0 unspecified atom stereocenters. The van der Waals surface area contributed by atoms with Gasteiger partial charge in [-0.2, -0.15) is 0 Å². The van der Waals surface area contributed by atoms with Gasteiger partial charge in [0.1, 0.15) is 0 Å². The van der Waals surface area contributed by atoms with Gasteiger partial charge in [0.2, 0.25) is 5.91 Å². The molecule has 0 atom stereocenters. The fourth-order valence-corrected chi connectivity index (χ4v) is 3.44. The lowest BCUT2D eigenvalue weighted by molar-refractivity contribution is -0.120. The number of hydrogen-bond donors (Lipinski definition) is 4. The van der Waals surface area contributed by atoms with E-state index in [1.807, 2.05) is 24.3 Å². The summed E-state index contributed by atoms with van der Waals surface area (Å²) in [5.41, 5.74) is 6.57. The molecule has 2 aromatic carbocycles. The molecule has 29 heavy (non-hydrogen) atoms. The minimum atomic E-state index is 0.0975. The summed E-state index contributed by atoms with van der Waals surface area (Å²) in [4.78, 5) is 12.2. The Balaban J connectivity index is 1.44. The Morgan fingerprint density at radius 3 is 2.14 bits per heavy atom. The maximum Gasteiger partial charge on any atom is 0.224 e. The lowest BCUT2D eigenvalue weighted by Crippen LogP contribution is -2.28. The molecule has 0 radical (unpaired) electrons. The standard InChI is InChI=1S/C24H38N4O/c25-14-4-7-17-26-15-5-1-6-16-27-18-9-19-28-24(29)20-22-12-8-11-21-10-2-3-13-23(21)22/h2-3,8,10-13,26-27H,1,4-7,9,14-20,25H2,(H,28,29). The molecule has 160 valence electrons. The number of nitrogens with one attached hydrogen (secondary N) is 3. The molecule has 5 N–H and O–H groups in total. The van der Waals surface area contributed by atoms with Crippen molar-refractivity contribution < 1.29 is 4.79 Å². The molecule has 5 heteroatoms. The molecule has 0 aliphatic heterocycles. The van der Waals surface area contributed by atoms with Crippen LogP contribution in [0.15, 0.2) is 42.5 Å². The van der Waals surface area contributed by atoms with E-state index in [1.54, 1.807) is 0 Å². The monoisotopic (exact) mass is 398 g/mol. The first-order valence-electron chi connectivity index (χ1n) is 11.2. The first-order chi connectivity index (χ1) is 14.3. The third kappa shape index (κ3) is 9.88. The highest BCUT2D eigenvalue weighted by Gasteiger charge is 2.06. The number of hydrogen-bond acceptors (Lipinski definition) is 4. The predicted octanol–water partition coefficient (Wildman–Crippen LogP) is 2.98. The van der Waals surface area contributed by atoms with Crippen molar-refractivity contribution in [3.05, 3.63) is 48.0 Å². The summed E-state index contributed by atoms with van der Waals surface area (Å²) in [5, 5.41) is 12.3. The first-order valence-corrected chi connectivity index (χ1v) is 11.2. The predicted molar refractivity (Wildman–Crippen MR) is 123 cm³/mol. The average Bonchev–Trinajstić information content (AvgIpc) is 2.74. The van der Waals surface area contributed by atoms with Crippen molar-refractivity contribution in [1.29, 1.82) is 0 Å². The molecule has 0 aliphatic rings. The summed E-state index contributed by atoms with van der Waals surface area (Å²) in [5.74, 6) is 0.0975. The number of carbonyl (C=O) groups excluding carboxylic acids is 1. The minimum absolute atomic E-state index is 0.0975. The Hall–Kier alpha value is -1.95. The van der Waals surface area contributed by atoms with E-state index < -0.39 is 0 Å². The van der Waals surface area contributed by atoms with E-state index >= 15 is 0 Å². The quantitative estimate of drug-likeness (QED) is 0.328.